The van der Waals surface area contributed by atoms with Crippen LogP contribution in [0.1, 0.15) is 11.3 Å². The van der Waals surface area contributed by atoms with Crippen molar-refractivity contribution in [2.75, 3.05) is 0 Å². The Hall–Kier alpha value is -3.23. The minimum Gasteiger partial charge on any atom is -0.269 e. The molecule has 9 nitrogen and oxygen atoms in total. The first-order valence-corrected chi connectivity index (χ1v) is 6.92. The molecule has 0 aliphatic heterocycles. The number of hydrogen-bond donors (Lipinski definition) is 0. The summed E-state index contributed by atoms with van der Waals surface area (Å²) in [5.41, 5.74) is -10.0. The molecule has 1 aromatic carbocycles. The van der Waals surface area contributed by atoms with E-state index in [1.807, 2.05) is 0 Å². The number of aromatic nitrogens is 2. The Morgan fingerprint density at radius 2 is 1.57 bits per heavy atom. The fourth-order valence-corrected chi connectivity index (χ4v) is 2.41. The van der Waals surface area contributed by atoms with E-state index in [-0.39, 0.29) is 23.0 Å². The maximum Gasteiger partial charge on any atom is 0.433 e. The van der Waals surface area contributed by atoms with Gasteiger partial charge in [0.15, 0.2) is 5.69 Å². The van der Waals surface area contributed by atoms with E-state index in [9.17, 15) is 51.4 Å². The molecular formula is C12H3ClF6N4O5. The molecule has 0 aliphatic rings. The van der Waals surface area contributed by atoms with Crippen LogP contribution in [0.2, 0.25) is 5.02 Å². The third kappa shape index (κ3) is 3.73. The smallest absolute Gasteiger partial charge is 0.269 e. The zero-order chi connectivity index (χ0) is 21.6. The number of rotatable bonds is 3. The highest BCUT2D eigenvalue weighted by Crippen LogP contribution is 2.46. The van der Waals surface area contributed by atoms with Crippen molar-refractivity contribution in [1.29, 1.82) is 0 Å². The van der Waals surface area contributed by atoms with Crippen molar-refractivity contribution in [3.63, 3.8) is 0 Å². The summed E-state index contributed by atoms with van der Waals surface area (Å²) in [6.07, 6.45) is -10.4. The van der Waals surface area contributed by atoms with Crippen LogP contribution in [0.4, 0.5) is 37.7 Å². The normalized spacial score (nSPS) is 12.1. The molecule has 0 fully saturated rings. The minimum absolute atomic E-state index is 0.0596. The predicted molar refractivity (Wildman–Crippen MR) is 78.2 cm³/mol. The second kappa shape index (κ2) is 6.74. The van der Waals surface area contributed by atoms with Gasteiger partial charge >= 0.3 is 23.7 Å². The first-order valence-electron chi connectivity index (χ1n) is 6.55. The summed E-state index contributed by atoms with van der Waals surface area (Å²) in [5.74, 6) is 0. The van der Waals surface area contributed by atoms with Gasteiger partial charge in [0.2, 0.25) is 5.69 Å². The van der Waals surface area contributed by atoms with Crippen LogP contribution >= 0.6 is 11.6 Å². The maximum atomic E-state index is 13.0. The Morgan fingerprint density at radius 1 is 1.00 bits per heavy atom. The van der Waals surface area contributed by atoms with Gasteiger partial charge in [-0.3, -0.25) is 29.6 Å². The zero-order valence-electron chi connectivity index (χ0n) is 12.7. The fraction of sp³-hybridized carbons (Fsp3) is 0.167. The van der Waals surface area contributed by atoms with Gasteiger partial charge in [-0.15, -0.1) is 0 Å². The third-order valence-corrected chi connectivity index (χ3v) is 3.60. The van der Waals surface area contributed by atoms with E-state index in [1.54, 1.807) is 0 Å². The summed E-state index contributed by atoms with van der Waals surface area (Å²) in [6, 6.07) is -0.312. The van der Waals surface area contributed by atoms with Crippen molar-refractivity contribution < 1.29 is 36.2 Å². The van der Waals surface area contributed by atoms with Crippen molar-refractivity contribution >= 4 is 23.0 Å². The Kier molecular flexibility index (Phi) is 5.07. The summed E-state index contributed by atoms with van der Waals surface area (Å²) in [4.78, 5) is 34.1. The first-order chi connectivity index (χ1) is 12.7. The van der Waals surface area contributed by atoms with Crippen molar-refractivity contribution in [3.05, 3.63) is 65.3 Å². The molecule has 28 heavy (non-hydrogen) atoms. The highest BCUT2D eigenvalue weighted by Gasteiger charge is 2.43. The fourth-order valence-electron chi connectivity index (χ4n) is 2.09. The number of nitro benzene ring substituents is 2. The zero-order valence-corrected chi connectivity index (χ0v) is 13.5. The van der Waals surface area contributed by atoms with Crippen LogP contribution in [0.5, 0.6) is 0 Å². The van der Waals surface area contributed by atoms with Gasteiger partial charge < -0.3 is 0 Å². The molecular weight excluding hydrogens is 430 g/mol. The molecule has 2 aromatic rings. The molecule has 0 aliphatic carbocycles. The summed E-state index contributed by atoms with van der Waals surface area (Å²) >= 11 is 5.38. The molecule has 150 valence electrons. The van der Waals surface area contributed by atoms with Crippen LogP contribution in [-0.2, 0) is 12.4 Å². The molecule has 0 atom stereocenters. The molecule has 0 bridgehead atoms. The Balaban J connectivity index is 2.99. The molecule has 0 saturated heterocycles. The monoisotopic (exact) mass is 432 g/mol. The van der Waals surface area contributed by atoms with E-state index in [2.05, 4.69) is 4.98 Å². The molecule has 2 rings (SSSR count). The lowest BCUT2D eigenvalue weighted by molar-refractivity contribution is -0.394. The van der Waals surface area contributed by atoms with Crippen LogP contribution < -0.4 is 5.56 Å². The third-order valence-electron chi connectivity index (χ3n) is 3.22. The molecule has 0 saturated carbocycles. The average molecular weight is 433 g/mol. The predicted octanol–water partition coefficient (Wildman–Crippen LogP) is 3.74. The number of halogens is 7. The largest absolute Gasteiger partial charge is 0.433 e. The number of nitro groups is 2. The second-order valence-corrected chi connectivity index (χ2v) is 5.32. The van der Waals surface area contributed by atoms with Gasteiger partial charge in [0, 0.05) is 12.1 Å². The van der Waals surface area contributed by atoms with Crippen molar-refractivity contribution in [3.8, 4) is 5.69 Å². The molecule has 0 radical (unpaired) electrons. The van der Waals surface area contributed by atoms with Crippen LogP contribution in [-0.4, -0.2) is 19.4 Å². The highest BCUT2D eigenvalue weighted by molar-refractivity contribution is 6.34. The SMILES string of the molecule is O=c1cc(C(F)(F)F)ncn1-c1c([N+](=O)[O-])cc(C(F)(F)F)c(Cl)c1[N+](=O)[O-]. The van der Waals surface area contributed by atoms with E-state index >= 15 is 0 Å². The summed E-state index contributed by atoms with van der Waals surface area (Å²) in [7, 11) is 0. The first kappa shape index (κ1) is 21.1. The van der Waals surface area contributed by atoms with Gasteiger partial charge in [-0.05, 0) is 0 Å². The van der Waals surface area contributed by atoms with Crippen LogP contribution in [0.3, 0.4) is 0 Å². The molecule has 16 heteroatoms. The molecule has 1 aromatic heterocycles. The molecule has 0 N–H and O–H groups in total. The van der Waals surface area contributed by atoms with Gasteiger partial charge in [-0.25, -0.2) is 4.98 Å². The number of hydrogen-bond acceptors (Lipinski definition) is 6. The summed E-state index contributed by atoms with van der Waals surface area (Å²) in [5, 5.41) is 20.8. The Labute approximate surface area is 153 Å². The molecule has 0 unspecified atom stereocenters. The maximum absolute atomic E-state index is 13.0. The topological polar surface area (TPSA) is 121 Å². The van der Waals surface area contributed by atoms with Crippen molar-refractivity contribution in [1.82, 2.24) is 9.55 Å². The minimum atomic E-state index is -5.34. The van der Waals surface area contributed by atoms with Gasteiger partial charge in [0.25, 0.3) is 5.56 Å². The number of nitrogens with zero attached hydrogens (tertiary/aromatic N) is 4. The lowest BCUT2D eigenvalue weighted by atomic mass is 10.1. The van der Waals surface area contributed by atoms with Crippen LogP contribution in [0.25, 0.3) is 5.69 Å². The van der Waals surface area contributed by atoms with E-state index < -0.39 is 61.1 Å². The van der Waals surface area contributed by atoms with E-state index in [4.69, 9.17) is 11.6 Å². The van der Waals surface area contributed by atoms with Crippen LogP contribution in [0, 0.1) is 20.2 Å². The van der Waals surface area contributed by atoms with Crippen molar-refractivity contribution in [2.45, 2.75) is 12.4 Å². The lowest BCUT2D eigenvalue weighted by Gasteiger charge is -2.13. The number of alkyl halides is 6. The van der Waals surface area contributed by atoms with E-state index in [0.29, 0.717) is 0 Å². The van der Waals surface area contributed by atoms with Gasteiger partial charge in [-0.1, -0.05) is 11.6 Å². The lowest BCUT2D eigenvalue weighted by Crippen LogP contribution is -2.24. The summed E-state index contributed by atoms with van der Waals surface area (Å²) < 4.78 is 76.7. The average Bonchev–Trinajstić information content (AvgIpc) is 2.51. The van der Waals surface area contributed by atoms with E-state index in [1.165, 1.54) is 0 Å². The molecule has 0 amide bonds. The van der Waals surface area contributed by atoms with Crippen molar-refractivity contribution in [2.24, 2.45) is 0 Å². The quantitative estimate of drug-likeness (QED) is 0.414. The van der Waals surface area contributed by atoms with Gasteiger partial charge in [0.05, 0.1) is 15.4 Å². The van der Waals surface area contributed by atoms with E-state index in [0.717, 1.165) is 0 Å². The number of benzene rings is 1. The summed E-state index contributed by atoms with van der Waals surface area (Å²) in [6.45, 7) is 0. The Bertz CT molecular complexity index is 1050. The Morgan fingerprint density at radius 3 is 1.96 bits per heavy atom. The van der Waals surface area contributed by atoms with Gasteiger partial charge in [0.1, 0.15) is 11.3 Å². The van der Waals surface area contributed by atoms with Gasteiger partial charge in [-0.2, -0.15) is 26.3 Å². The molecule has 0 spiro atoms. The van der Waals surface area contributed by atoms with Crippen LogP contribution in [0.15, 0.2) is 23.3 Å². The molecule has 1 heterocycles. The second-order valence-electron chi connectivity index (χ2n) is 4.95. The highest BCUT2D eigenvalue weighted by atomic mass is 35.5. The standard InChI is InChI=1S/C12H3ClF6N4O5/c13-8-4(11(14,15)16)1-5(22(25)26)9(10(8)23(27)28)21-3-20-6(2-7(21)24)12(17,18)19/h1-3H.